The van der Waals surface area contributed by atoms with Gasteiger partial charge in [0.15, 0.2) is 0 Å². The van der Waals surface area contributed by atoms with Gasteiger partial charge in [-0.25, -0.2) is 4.98 Å². The van der Waals surface area contributed by atoms with Crippen molar-refractivity contribution in [3.05, 3.63) is 16.6 Å². The van der Waals surface area contributed by atoms with Crippen LogP contribution in [0.5, 0.6) is 0 Å². The fourth-order valence-corrected chi connectivity index (χ4v) is 4.00. The summed E-state index contributed by atoms with van der Waals surface area (Å²) in [4.78, 5) is 6.65. The van der Waals surface area contributed by atoms with Gasteiger partial charge in [-0.2, -0.15) is 0 Å². The molecule has 112 valence electrons. The number of nitrogens with one attached hydrogen (secondary N) is 1. The van der Waals surface area contributed by atoms with E-state index < -0.39 is 0 Å². The minimum Gasteiger partial charge on any atom is -0.390 e. The van der Waals surface area contributed by atoms with E-state index in [2.05, 4.69) is 20.6 Å². The summed E-state index contributed by atoms with van der Waals surface area (Å²) in [5, 5.41) is 16.2. The maximum atomic E-state index is 10.4. The third kappa shape index (κ3) is 3.79. The van der Waals surface area contributed by atoms with Gasteiger partial charge in [-0.15, -0.1) is 11.3 Å². The van der Waals surface area contributed by atoms with Crippen LogP contribution in [-0.2, 0) is 6.54 Å². The zero-order valence-corrected chi connectivity index (χ0v) is 12.8. The van der Waals surface area contributed by atoms with E-state index >= 15 is 0 Å². The summed E-state index contributed by atoms with van der Waals surface area (Å²) < 4.78 is 0. The van der Waals surface area contributed by atoms with Gasteiger partial charge in [-0.05, 0) is 19.3 Å². The number of likely N-dealkylation sites (tertiary alicyclic amines) is 1. The standard InChI is InChI=1S/C15H25N3OS/c19-15-9-18(8-13-10-20-11-16-13)7-6-14(15)17-12-4-2-1-3-5-12/h10-12,14-15,17,19H,1-9H2/t14-,15-/m1/s1. The zero-order chi connectivity index (χ0) is 13.8. The highest BCUT2D eigenvalue weighted by molar-refractivity contribution is 7.07. The molecule has 3 rings (SSSR count). The molecule has 4 nitrogen and oxygen atoms in total. The lowest BCUT2D eigenvalue weighted by Crippen LogP contribution is -2.55. The topological polar surface area (TPSA) is 48.4 Å². The molecule has 2 N–H and O–H groups in total. The molecule has 2 atom stereocenters. The van der Waals surface area contributed by atoms with E-state index in [1.807, 2.05) is 5.51 Å². The molecule has 1 aliphatic carbocycles. The summed E-state index contributed by atoms with van der Waals surface area (Å²) in [5.74, 6) is 0. The van der Waals surface area contributed by atoms with Crippen LogP contribution in [-0.4, -0.2) is 46.3 Å². The number of hydrogen-bond donors (Lipinski definition) is 2. The molecular weight excluding hydrogens is 270 g/mol. The van der Waals surface area contributed by atoms with E-state index in [-0.39, 0.29) is 12.1 Å². The predicted octanol–water partition coefficient (Wildman–Crippen LogP) is 2.00. The molecule has 2 aliphatic rings. The Morgan fingerprint density at radius 1 is 1.30 bits per heavy atom. The molecule has 0 radical (unpaired) electrons. The lowest BCUT2D eigenvalue weighted by atomic mass is 9.93. The average Bonchev–Trinajstić information content (AvgIpc) is 2.96. The molecule has 5 heteroatoms. The van der Waals surface area contributed by atoms with Gasteiger partial charge in [0.05, 0.1) is 17.3 Å². The minimum absolute atomic E-state index is 0.246. The van der Waals surface area contributed by atoms with Crippen molar-refractivity contribution in [2.75, 3.05) is 13.1 Å². The van der Waals surface area contributed by atoms with Gasteiger partial charge in [-0.3, -0.25) is 4.90 Å². The Kier molecular flexibility index (Phi) is 5.04. The zero-order valence-electron chi connectivity index (χ0n) is 12.0. The van der Waals surface area contributed by atoms with Gasteiger partial charge in [0.25, 0.3) is 0 Å². The number of aliphatic hydroxyl groups is 1. The van der Waals surface area contributed by atoms with Gasteiger partial charge in [0.2, 0.25) is 0 Å². The van der Waals surface area contributed by atoms with Gasteiger partial charge in [0.1, 0.15) is 0 Å². The van der Waals surface area contributed by atoms with Crippen LogP contribution in [0.25, 0.3) is 0 Å². The fourth-order valence-electron chi connectivity index (χ4n) is 3.45. The molecule has 0 amide bonds. The highest BCUT2D eigenvalue weighted by atomic mass is 32.1. The first kappa shape index (κ1) is 14.4. The first-order chi connectivity index (χ1) is 9.81. The monoisotopic (exact) mass is 295 g/mol. The average molecular weight is 295 g/mol. The molecule has 1 saturated carbocycles. The van der Waals surface area contributed by atoms with Crippen molar-refractivity contribution in [2.45, 2.75) is 63.3 Å². The number of thiazole rings is 1. The summed E-state index contributed by atoms with van der Waals surface area (Å²) in [6.07, 6.45) is 7.43. The second-order valence-corrected chi connectivity index (χ2v) is 6.90. The van der Waals surface area contributed by atoms with Crippen molar-refractivity contribution in [1.82, 2.24) is 15.2 Å². The Morgan fingerprint density at radius 2 is 2.15 bits per heavy atom. The van der Waals surface area contributed by atoms with Crippen LogP contribution in [0.15, 0.2) is 10.9 Å². The van der Waals surface area contributed by atoms with Crippen LogP contribution in [0.2, 0.25) is 0 Å². The molecular formula is C15H25N3OS. The lowest BCUT2D eigenvalue weighted by molar-refractivity contribution is 0.0307. The molecule has 0 aromatic carbocycles. The molecule has 2 fully saturated rings. The molecule has 1 aliphatic heterocycles. The van der Waals surface area contributed by atoms with E-state index in [1.165, 1.54) is 32.1 Å². The van der Waals surface area contributed by atoms with Crippen LogP contribution in [0.1, 0.15) is 44.2 Å². The molecule has 0 spiro atoms. The second-order valence-electron chi connectivity index (χ2n) is 6.18. The second kappa shape index (κ2) is 6.98. The summed E-state index contributed by atoms with van der Waals surface area (Å²) in [5.41, 5.74) is 3.00. The predicted molar refractivity (Wildman–Crippen MR) is 81.8 cm³/mol. The highest BCUT2D eigenvalue weighted by Crippen LogP contribution is 2.21. The molecule has 20 heavy (non-hydrogen) atoms. The number of hydrogen-bond acceptors (Lipinski definition) is 5. The summed E-state index contributed by atoms with van der Waals surface area (Å²) in [7, 11) is 0. The SMILES string of the molecule is O[C@@H]1CN(Cc2cscn2)CC[C@H]1NC1CCCCC1. The number of rotatable bonds is 4. The van der Waals surface area contributed by atoms with E-state index in [0.29, 0.717) is 6.04 Å². The number of aliphatic hydroxyl groups excluding tert-OH is 1. The van der Waals surface area contributed by atoms with E-state index in [0.717, 1.165) is 31.7 Å². The summed E-state index contributed by atoms with van der Waals surface area (Å²) in [6.45, 7) is 2.69. The van der Waals surface area contributed by atoms with Gasteiger partial charge >= 0.3 is 0 Å². The molecule has 1 aromatic heterocycles. The Bertz CT molecular complexity index is 392. The fraction of sp³-hybridized carbons (Fsp3) is 0.800. The van der Waals surface area contributed by atoms with Gasteiger partial charge in [0, 0.05) is 37.1 Å². The number of β-amino-alcohol motifs (C(OH)–C–C–N with tert-alkyl or cyclic N) is 1. The van der Waals surface area contributed by atoms with Crippen LogP contribution in [0.3, 0.4) is 0 Å². The van der Waals surface area contributed by atoms with Crippen LogP contribution in [0.4, 0.5) is 0 Å². The van der Waals surface area contributed by atoms with E-state index in [4.69, 9.17) is 0 Å². The minimum atomic E-state index is -0.246. The van der Waals surface area contributed by atoms with E-state index in [9.17, 15) is 5.11 Å². The van der Waals surface area contributed by atoms with Crippen molar-refractivity contribution in [3.63, 3.8) is 0 Å². The Labute approximate surface area is 125 Å². The lowest BCUT2D eigenvalue weighted by Gasteiger charge is -2.38. The third-order valence-electron chi connectivity index (χ3n) is 4.59. The maximum absolute atomic E-state index is 10.4. The molecule has 1 aromatic rings. The van der Waals surface area contributed by atoms with Crippen LogP contribution >= 0.6 is 11.3 Å². The molecule has 0 unspecified atom stereocenters. The first-order valence-corrected chi connectivity index (χ1v) is 8.79. The molecule has 0 bridgehead atoms. The summed E-state index contributed by atoms with van der Waals surface area (Å²) in [6, 6.07) is 0.915. The van der Waals surface area contributed by atoms with Crippen molar-refractivity contribution >= 4 is 11.3 Å². The normalized spacial score (nSPS) is 29.6. The quantitative estimate of drug-likeness (QED) is 0.892. The van der Waals surface area contributed by atoms with Gasteiger partial charge in [-0.1, -0.05) is 19.3 Å². The van der Waals surface area contributed by atoms with Crippen molar-refractivity contribution in [3.8, 4) is 0 Å². The number of nitrogens with zero attached hydrogens (tertiary/aromatic N) is 2. The largest absolute Gasteiger partial charge is 0.390 e. The maximum Gasteiger partial charge on any atom is 0.0820 e. The summed E-state index contributed by atoms with van der Waals surface area (Å²) >= 11 is 1.64. The van der Waals surface area contributed by atoms with Gasteiger partial charge < -0.3 is 10.4 Å². The number of piperidine rings is 1. The number of aromatic nitrogens is 1. The Balaban J connectivity index is 1.46. The Morgan fingerprint density at radius 3 is 2.85 bits per heavy atom. The first-order valence-electron chi connectivity index (χ1n) is 7.85. The van der Waals surface area contributed by atoms with Crippen molar-refractivity contribution in [2.24, 2.45) is 0 Å². The highest BCUT2D eigenvalue weighted by Gasteiger charge is 2.29. The molecule has 2 heterocycles. The van der Waals surface area contributed by atoms with Crippen LogP contribution < -0.4 is 5.32 Å². The van der Waals surface area contributed by atoms with Crippen molar-refractivity contribution in [1.29, 1.82) is 0 Å². The molecule has 1 saturated heterocycles. The third-order valence-corrected chi connectivity index (χ3v) is 5.23. The van der Waals surface area contributed by atoms with Crippen LogP contribution in [0, 0.1) is 0 Å². The van der Waals surface area contributed by atoms with Crippen molar-refractivity contribution < 1.29 is 5.11 Å². The van der Waals surface area contributed by atoms with E-state index in [1.54, 1.807) is 11.3 Å². The Hall–Kier alpha value is -0.490. The smallest absolute Gasteiger partial charge is 0.0820 e.